The van der Waals surface area contributed by atoms with Crippen LogP contribution in [0.15, 0.2) is 56.7 Å². The molecule has 0 aliphatic heterocycles. The second-order valence-electron chi connectivity index (χ2n) is 4.90. The lowest BCUT2D eigenvalue weighted by Gasteiger charge is -2.19. The molecule has 0 heterocycles. The largest absolute Gasteiger partial charge is 0.495 e. The Bertz CT molecular complexity index is 776. The number of ether oxygens (including phenoxy) is 1. The highest BCUT2D eigenvalue weighted by Crippen LogP contribution is 2.30. The molecular formula is C16H18BrNO3S2. The highest BCUT2D eigenvalue weighted by molar-refractivity contribution is 9.10. The Balaban J connectivity index is 2.29. The van der Waals surface area contributed by atoms with E-state index < -0.39 is 10.0 Å². The van der Waals surface area contributed by atoms with Crippen molar-refractivity contribution >= 4 is 37.7 Å². The average Bonchev–Trinajstić information content (AvgIpc) is 2.55. The summed E-state index contributed by atoms with van der Waals surface area (Å²) in [6.45, 7) is 0.298. The second kappa shape index (κ2) is 7.70. The van der Waals surface area contributed by atoms with Gasteiger partial charge in [0.25, 0.3) is 0 Å². The van der Waals surface area contributed by atoms with Gasteiger partial charge in [0.15, 0.2) is 0 Å². The minimum Gasteiger partial charge on any atom is -0.495 e. The lowest BCUT2D eigenvalue weighted by molar-refractivity contribution is 0.397. The minimum absolute atomic E-state index is 0.151. The Hall–Kier alpha value is -1.02. The molecular weight excluding hydrogens is 398 g/mol. The summed E-state index contributed by atoms with van der Waals surface area (Å²) in [6, 6.07) is 12.8. The van der Waals surface area contributed by atoms with Crippen molar-refractivity contribution in [1.29, 1.82) is 0 Å². The fourth-order valence-electron chi connectivity index (χ4n) is 2.09. The van der Waals surface area contributed by atoms with E-state index in [4.69, 9.17) is 4.74 Å². The molecule has 2 aromatic rings. The zero-order valence-corrected chi connectivity index (χ0v) is 16.3. The first-order chi connectivity index (χ1) is 10.9. The molecule has 0 aliphatic rings. The van der Waals surface area contributed by atoms with Gasteiger partial charge in [-0.3, -0.25) is 0 Å². The van der Waals surface area contributed by atoms with E-state index in [9.17, 15) is 8.42 Å². The van der Waals surface area contributed by atoms with E-state index in [0.717, 1.165) is 10.5 Å². The lowest BCUT2D eigenvalue weighted by Crippen LogP contribution is -2.27. The first kappa shape index (κ1) is 18.3. The monoisotopic (exact) mass is 415 g/mol. The van der Waals surface area contributed by atoms with Crippen molar-refractivity contribution in [2.24, 2.45) is 0 Å². The van der Waals surface area contributed by atoms with Crippen molar-refractivity contribution in [3.63, 3.8) is 0 Å². The molecule has 0 atom stereocenters. The fourth-order valence-corrected chi connectivity index (χ4v) is 4.35. The van der Waals surface area contributed by atoms with Crippen LogP contribution in [0.5, 0.6) is 5.75 Å². The van der Waals surface area contributed by atoms with Crippen LogP contribution in [0.1, 0.15) is 5.56 Å². The number of benzene rings is 2. The predicted octanol–water partition coefficient (Wildman–Crippen LogP) is 4.00. The van der Waals surface area contributed by atoms with Crippen molar-refractivity contribution < 1.29 is 13.2 Å². The van der Waals surface area contributed by atoms with Gasteiger partial charge in [-0.05, 0) is 42.2 Å². The highest BCUT2D eigenvalue weighted by Gasteiger charge is 2.25. The Morgan fingerprint density at radius 2 is 1.83 bits per heavy atom. The summed E-state index contributed by atoms with van der Waals surface area (Å²) in [5.41, 5.74) is 0.933. The minimum atomic E-state index is -3.64. The SMILES string of the molecule is COc1ccc(Br)cc1S(=O)(=O)N(C)Cc1ccc(SC)cc1. The molecule has 0 amide bonds. The van der Waals surface area contributed by atoms with Crippen molar-refractivity contribution in [1.82, 2.24) is 4.31 Å². The topological polar surface area (TPSA) is 46.6 Å². The van der Waals surface area contributed by atoms with Crippen LogP contribution in [-0.4, -0.2) is 33.1 Å². The molecule has 4 nitrogen and oxygen atoms in total. The number of hydrogen-bond donors (Lipinski definition) is 0. The molecule has 0 saturated heterocycles. The molecule has 0 spiro atoms. The summed E-state index contributed by atoms with van der Waals surface area (Å²) in [7, 11) is -0.616. The number of thioether (sulfide) groups is 1. The fraction of sp³-hybridized carbons (Fsp3) is 0.250. The highest BCUT2D eigenvalue weighted by atomic mass is 79.9. The van der Waals surface area contributed by atoms with Crippen molar-refractivity contribution in [2.45, 2.75) is 16.3 Å². The maximum atomic E-state index is 12.8. The van der Waals surface area contributed by atoms with Gasteiger partial charge in [-0.25, -0.2) is 8.42 Å². The zero-order chi connectivity index (χ0) is 17.0. The van der Waals surface area contributed by atoms with Crippen LogP contribution in [0.3, 0.4) is 0 Å². The molecule has 0 saturated carbocycles. The van der Waals surface area contributed by atoms with Crippen LogP contribution in [0, 0.1) is 0 Å². The molecule has 0 bridgehead atoms. The molecule has 2 rings (SSSR count). The number of methoxy groups -OCH3 is 1. The Morgan fingerprint density at radius 1 is 1.17 bits per heavy atom. The van der Waals surface area contributed by atoms with Crippen LogP contribution < -0.4 is 4.74 Å². The van der Waals surface area contributed by atoms with E-state index in [-0.39, 0.29) is 4.90 Å². The van der Waals surface area contributed by atoms with Gasteiger partial charge in [0, 0.05) is 23.0 Å². The normalized spacial score (nSPS) is 11.7. The number of sulfonamides is 1. The average molecular weight is 416 g/mol. The maximum Gasteiger partial charge on any atom is 0.246 e. The van der Waals surface area contributed by atoms with Gasteiger partial charge in [0.2, 0.25) is 10.0 Å². The number of rotatable bonds is 6. The third kappa shape index (κ3) is 4.29. The summed E-state index contributed by atoms with van der Waals surface area (Å²) in [5.74, 6) is 0.331. The van der Waals surface area contributed by atoms with E-state index in [2.05, 4.69) is 15.9 Å². The number of nitrogens with zero attached hydrogens (tertiary/aromatic N) is 1. The first-order valence-electron chi connectivity index (χ1n) is 6.81. The molecule has 23 heavy (non-hydrogen) atoms. The van der Waals surface area contributed by atoms with Crippen LogP contribution in [0.4, 0.5) is 0 Å². The van der Waals surface area contributed by atoms with E-state index in [1.165, 1.54) is 11.4 Å². The quantitative estimate of drug-likeness (QED) is 0.668. The second-order valence-corrected chi connectivity index (χ2v) is 8.71. The predicted molar refractivity (Wildman–Crippen MR) is 97.6 cm³/mol. The van der Waals surface area contributed by atoms with E-state index in [1.54, 1.807) is 37.0 Å². The van der Waals surface area contributed by atoms with E-state index >= 15 is 0 Å². The van der Waals surface area contributed by atoms with Gasteiger partial charge < -0.3 is 4.74 Å². The number of hydrogen-bond acceptors (Lipinski definition) is 4. The third-order valence-electron chi connectivity index (χ3n) is 3.38. The molecule has 0 radical (unpaired) electrons. The van der Waals surface area contributed by atoms with Crippen molar-refractivity contribution in [3.8, 4) is 5.75 Å². The van der Waals surface area contributed by atoms with Gasteiger partial charge in [0.05, 0.1) is 7.11 Å². The van der Waals surface area contributed by atoms with Crippen molar-refractivity contribution in [3.05, 3.63) is 52.5 Å². The lowest BCUT2D eigenvalue weighted by atomic mass is 10.2. The summed E-state index contributed by atoms with van der Waals surface area (Å²) in [6.07, 6.45) is 2.01. The molecule has 7 heteroatoms. The van der Waals surface area contributed by atoms with Crippen molar-refractivity contribution in [2.75, 3.05) is 20.4 Å². The molecule has 124 valence electrons. The molecule has 0 aliphatic carbocycles. The van der Waals surface area contributed by atoms with Crippen LogP contribution in [0.25, 0.3) is 0 Å². The van der Waals surface area contributed by atoms with Crippen LogP contribution in [-0.2, 0) is 16.6 Å². The molecule has 0 unspecified atom stereocenters. The van der Waals surface area contributed by atoms with Gasteiger partial charge >= 0.3 is 0 Å². The summed E-state index contributed by atoms with van der Waals surface area (Å²) in [4.78, 5) is 1.30. The van der Waals surface area contributed by atoms with Gasteiger partial charge in [-0.15, -0.1) is 11.8 Å². The molecule has 0 aromatic heterocycles. The Labute approximate surface area is 150 Å². The van der Waals surface area contributed by atoms with E-state index in [0.29, 0.717) is 16.8 Å². The van der Waals surface area contributed by atoms with Crippen LogP contribution in [0.2, 0.25) is 0 Å². The summed E-state index contributed by atoms with van der Waals surface area (Å²) in [5, 5.41) is 0. The standard InChI is InChI=1S/C16H18BrNO3S2/c1-18(11-12-4-7-14(22-3)8-5-12)23(19,20)16-10-13(17)6-9-15(16)21-2/h4-10H,11H2,1-3H3. The molecule has 0 N–H and O–H groups in total. The molecule has 0 fully saturated rings. The van der Waals surface area contributed by atoms with Gasteiger partial charge in [-0.1, -0.05) is 28.1 Å². The number of halogens is 1. The Morgan fingerprint density at radius 3 is 2.39 bits per heavy atom. The third-order valence-corrected chi connectivity index (χ3v) is 6.44. The zero-order valence-electron chi connectivity index (χ0n) is 13.1. The van der Waals surface area contributed by atoms with Crippen LogP contribution >= 0.6 is 27.7 Å². The summed E-state index contributed by atoms with van der Waals surface area (Å²) < 4.78 is 32.8. The first-order valence-corrected chi connectivity index (χ1v) is 10.3. The molecule has 2 aromatic carbocycles. The van der Waals surface area contributed by atoms with Gasteiger partial charge in [0.1, 0.15) is 10.6 Å². The van der Waals surface area contributed by atoms with E-state index in [1.807, 2.05) is 30.5 Å². The smallest absolute Gasteiger partial charge is 0.246 e. The van der Waals surface area contributed by atoms with Gasteiger partial charge in [-0.2, -0.15) is 4.31 Å². The summed E-state index contributed by atoms with van der Waals surface area (Å²) >= 11 is 4.96. The Kier molecular flexibility index (Phi) is 6.13. The maximum absolute atomic E-state index is 12.8.